The number of para-hydroxylation sites is 1. The van der Waals surface area contributed by atoms with Gasteiger partial charge in [0.2, 0.25) is 5.91 Å². The minimum Gasteiger partial charge on any atom is -0.325 e. The lowest BCUT2D eigenvalue weighted by molar-refractivity contribution is -0.119. The highest BCUT2D eigenvalue weighted by atomic mass is 16.2. The predicted octanol–water partition coefficient (Wildman–Crippen LogP) is 2.63. The van der Waals surface area contributed by atoms with Crippen LogP contribution in [0.3, 0.4) is 0 Å². The van der Waals surface area contributed by atoms with E-state index in [4.69, 9.17) is 0 Å². The number of anilines is 1. The molecule has 0 unspecified atom stereocenters. The number of aromatic nitrogens is 1. The second-order valence-electron chi connectivity index (χ2n) is 5.68. The van der Waals surface area contributed by atoms with Gasteiger partial charge in [0.15, 0.2) is 0 Å². The van der Waals surface area contributed by atoms with Crippen LogP contribution in [-0.4, -0.2) is 34.3 Å². The average molecular weight is 309 g/mol. The second-order valence-corrected chi connectivity index (χ2v) is 5.68. The number of nitrogens with zero attached hydrogens (tertiary/aromatic N) is 2. The maximum absolute atomic E-state index is 12.6. The third kappa shape index (κ3) is 3.39. The Balaban J connectivity index is 1.74. The number of likely N-dealkylation sites (tertiary alicyclic amines) is 1. The van der Waals surface area contributed by atoms with Crippen molar-refractivity contribution in [2.75, 3.05) is 11.9 Å². The first kappa shape index (κ1) is 15.2. The smallest absolute Gasteiger partial charge is 0.273 e. The normalized spacial score (nSPS) is 17.1. The Labute approximate surface area is 135 Å². The number of aryl methyl sites for hydroxylation is 1. The van der Waals surface area contributed by atoms with Gasteiger partial charge in [-0.15, -0.1) is 0 Å². The monoisotopic (exact) mass is 309 g/mol. The lowest BCUT2D eigenvalue weighted by Crippen LogP contribution is -2.43. The largest absolute Gasteiger partial charge is 0.325 e. The van der Waals surface area contributed by atoms with Crippen LogP contribution >= 0.6 is 0 Å². The Morgan fingerprint density at radius 3 is 2.65 bits per heavy atom. The fourth-order valence-electron chi connectivity index (χ4n) is 2.84. The number of benzene rings is 1. The number of hydrogen-bond donors (Lipinski definition) is 1. The zero-order valence-corrected chi connectivity index (χ0v) is 13.0. The van der Waals surface area contributed by atoms with Gasteiger partial charge in [0.05, 0.1) is 0 Å². The molecule has 1 aliphatic heterocycles. The Morgan fingerprint density at radius 2 is 1.91 bits per heavy atom. The van der Waals surface area contributed by atoms with Crippen molar-refractivity contribution in [2.45, 2.75) is 25.8 Å². The van der Waals surface area contributed by atoms with E-state index in [1.54, 1.807) is 11.0 Å². The molecular weight excluding hydrogens is 290 g/mol. The van der Waals surface area contributed by atoms with E-state index in [2.05, 4.69) is 10.3 Å². The molecule has 2 heterocycles. The van der Waals surface area contributed by atoms with Gasteiger partial charge in [0, 0.05) is 17.9 Å². The van der Waals surface area contributed by atoms with Gasteiger partial charge in [-0.2, -0.15) is 0 Å². The molecule has 1 atom stereocenters. The number of nitrogens with one attached hydrogen (secondary N) is 1. The van der Waals surface area contributed by atoms with Crippen LogP contribution in [0, 0.1) is 6.92 Å². The molecule has 0 saturated carbocycles. The quantitative estimate of drug-likeness (QED) is 0.948. The van der Waals surface area contributed by atoms with E-state index in [1.165, 1.54) is 0 Å². The van der Waals surface area contributed by atoms with E-state index in [9.17, 15) is 9.59 Å². The minimum absolute atomic E-state index is 0.144. The van der Waals surface area contributed by atoms with Crippen LogP contribution in [-0.2, 0) is 4.79 Å². The van der Waals surface area contributed by atoms with Crippen molar-refractivity contribution in [2.24, 2.45) is 0 Å². The molecule has 0 radical (unpaired) electrons. The van der Waals surface area contributed by atoms with Crippen molar-refractivity contribution in [1.29, 1.82) is 0 Å². The summed E-state index contributed by atoms with van der Waals surface area (Å²) in [6, 6.07) is 14.2. The fourth-order valence-corrected chi connectivity index (χ4v) is 2.84. The van der Waals surface area contributed by atoms with Gasteiger partial charge in [0.25, 0.3) is 5.91 Å². The lowest BCUT2D eigenvalue weighted by Gasteiger charge is -2.23. The van der Waals surface area contributed by atoms with Gasteiger partial charge < -0.3 is 10.2 Å². The summed E-state index contributed by atoms with van der Waals surface area (Å²) in [5.74, 6) is -0.325. The molecular formula is C18H19N3O2. The minimum atomic E-state index is -0.440. The van der Waals surface area contributed by atoms with Crippen LogP contribution in [0.1, 0.15) is 29.0 Å². The number of amides is 2. The van der Waals surface area contributed by atoms with Crippen LogP contribution in [0.5, 0.6) is 0 Å². The zero-order chi connectivity index (χ0) is 16.2. The summed E-state index contributed by atoms with van der Waals surface area (Å²) in [5.41, 5.74) is 1.93. The first-order chi connectivity index (χ1) is 11.1. The van der Waals surface area contributed by atoms with Crippen molar-refractivity contribution in [3.63, 3.8) is 0 Å². The van der Waals surface area contributed by atoms with E-state index >= 15 is 0 Å². The van der Waals surface area contributed by atoms with Gasteiger partial charge in [-0.05, 0) is 44.0 Å². The van der Waals surface area contributed by atoms with Crippen molar-refractivity contribution < 1.29 is 9.59 Å². The number of carbonyl (C=O) groups is 2. The lowest BCUT2D eigenvalue weighted by atomic mass is 10.2. The van der Waals surface area contributed by atoms with Crippen molar-refractivity contribution >= 4 is 17.5 Å². The molecule has 2 aromatic rings. The summed E-state index contributed by atoms with van der Waals surface area (Å²) in [7, 11) is 0. The molecule has 1 aromatic heterocycles. The Hall–Kier alpha value is -2.69. The number of pyridine rings is 1. The fraction of sp³-hybridized carbons (Fsp3) is 0.278. The topological polar surface area (TPSA) is 62.3 Å². The number of hydrogen-bond acceptors (Lipinski definition) is 3. The molecule has 118 valence electrons. The average Bonchev–Trinajstić information content (AvgIpc) is 3.05. The van der Waals surface area contributed by atoms with Crippen LogP contribution in [0.4, 0.5) is 5.69 Å². The molecule has 23 heavy (non-hydrogen) atoms. The molecule has 2 amide bonds. The number of rotatable bonds is 3. The Bertz CT molecular complexity index is 715. The zero-order valence-electron chi connectivity index (χ0n) is 13.0. The molecule has 1 saturated heterocycles. The van der Waals surface area contributed by atoms with Gasteiger partial charge in [-0.1, -0.05) is 24.3 Å². The highest BCUT2D eigenvalue weighted by molar-refractivity contribution is 6.00. The summed E-state index contributed by atoms with van der Waals surface area (Å²) in [6.45, 7) is 2.43. The van der Waals surface area contributed by atoms with Crippen LogP contribution in [0.2, 0.25) is 0 Å². The van der Waals surface area contributed by atoms with Crippen LogP contribution < -0.4 is 5.32 Å². The molecule has 1 aliphatic rings. The maximum Gasteiger partial charge on any atom is 0.273 e. The maximum atomic E-state index is 12.6. The summed E-state index contributed by atoms with van der Waals surface area (Å²) in [6.07, 6.45) is 1.50. The molecule has 1 N–H and O–H groups in total. The van der Waals surface area contributed by atoms with Gasteiger partial charge in [-0.3, -0.25) is 9.59 Å². The molecule has 1 fully saturated rings. The first-order valence-electron chi connectivity index (χ1n) is 7.76. The van der Waals surface area contributed by atoms with Gasteiger partial charge in [-0.25, -0.2) is 4.98 Å². The first-order valence-corrected chi connectivity index (χ1v) is 7.76. The van der Waals surface area contributed by atoms with Gasteiger partial charge >= 0.3 is 0 Å². The highest BCUT2D eigenvalue weighted by Gasteiger charge is 2.35. The number of carbonyl (C=O) groups excluding carboxylic acids is 2. The second kappa shape index (κ2) is 6.60. The molecule has 1 aromatic carbocycles. The molecule has 5 nitrogen and oxygen atoms in total. The molecule has 0 spiro atoms. The summed E-state index contributed by atoms with van der Waals surface area (Å²) in [5, 5.41) is 2.88. The van der Waals surface area contributed by atoms with E-state index in [1.807, 2.05) is 49.4 Å². The SMILES string of the molecule is Cc1cccc(C(=O)N2CCC[C@H]2C(=O)Nc2ccccc2)n1. The van der Waals surface area contributed by atoms with E-state index < -0.39 is 6.04 Å². The Morgan fingerprint density at radius 1 is 1.13 bits per heavy atom. The summed E-state index contributed by atoms with van der Waals surface area (Å²) < 4.78 is 0. The molecule has 3 rings (SSSR count). The molecule has 5 heteroatoms. The van der Waals surface area contributed by atoms with E-state index in [0.717, 1.165) is 17.8 Å². The highest BCUT2D eigenvalue weighted by Crippen LogP contribution is 2.21. The van der Waals surface area contributed by atoms with Crippen molar-refractivity contribution in [1.82, 2.24) is 9.88 Å². The summed E-state index contributed by atoms with van der Waals surface area (Å²) in [4.78, 5) is 31.0. The molecule has 0 bridgehead atoms. The van der Waals surface area contributed by atoms with E-state index in [0.29, 0.717) is 18.7 Å². The standard InChI is InChI=1S/C18H19N3O2/c1-13-7-5-10-15(19-13)18(23)21-12-6-11-16(21)17(22)20-14-8-3-2-4-9-14/h2-5,7-10,16H,6,11-12H2,1H3,(H,20,22)/t16-/m0/s1. The predicted molar refractivity (Wildman–Crippen MR) is 88.1 cm³/mol. The van der Waals surface area contributed by atoms with Crippen molar-refractivity contribution in [3.8, 4) is 0 Å². The third-order valence-corrected chi connectivity index (χ3v) is 3.97. The van der Waals surface area contributed by atoms with E-state index in [-0.39, 0.29) is 11.8 Å². The third-order valence-electron chi connectivity index (χ3n) is 3.97. The van der Waals surface area contributed by atoms with Crippen LogP contribution in [0.15, 0.2) is 48.5 Å². The Kier molecular flexibility index (Phi) is 4.37. The van der Waals surface area contributed by atoms with Gasteiger partial charge in [0.1, 0.15) is 11.7 Å². The van der Waals surface area contributed by atoms with Crippen LogP contribution in [0.25, 0.3) is 0 Å². The van der Waals surface area contributed by atoms with Crippen molar-refractivity contribution in [3.05, 3.63) is 59.9 Å². The molecule has 0 aliphatic carbocycles. The summed E-state index contributed by atoms with van der Waals surface area (Å²) >= 11 is 0.